The fourth-order valence-corrected chi connectivity index (χ4v) is 4.14. The van der Waals surface area contributed by atoms with Gasteiger partial charge in [-0.1, -0.05) is 13.8 Å². The van der Waals surface area contributed by atoms with Crippen LogP contribution in [0.4, 0.5) is 0 Å². The average Bonchev–Trinajstić information content (AvgIpc) is 2.75. The van der Waals surface area contributed by atoms with Crippen molar-refractivity contribution in [2.24, 2.45) is 5.41 Å². The number of halogens is 1. The molecule has 1 aliphatic carbocycles. The van der Waals surface area contributed by atoms with Crippen molar-refractivity contribution in [3.63, 3.8) is 0 Å². The Kier molecular flexibility index (Phi) is 4.53. The number of carbonyl (C=O) groups is 1. The number of hydrogen-bond donors (Lipinski definition) is 0. The van der Waals surface area contributed by atoms with Gasteiger partial charge >= 0.3 is 0 Å². The molecule has 0 unspecified atom stereocenters. The third-order valence-corrected chi connectivity index (χ3v) is 5.96. The van der Waals surface area contributed by atoms with Crippen molar-refractivity contribution in [1.29, 1.82) is 0 Å². The van der Waals surface area contributed by atoms with Crippen LogP contribution >= 0.6 is 27.3 Å². The van der Waals surface area contributed by atoms with Gasteiger partial charge in [-0.3, -0.25) is 4.79 Å². The molecule has 1 aromatic rings. The van der Waals surface area contributed by atoms with Gasteiger partial charge < -0.3 is 4.74 Å². The van der Waals surface area contributed by atoms with E-state index < -0.39 is 5.60 Å². The van der Waals surface area contributed by atoms with Gasteiger partial charge in [0, 0.05) is 28.3 Å². The zero-order valence-electron chi connectivity index (χ0n) is 11.8. The molecule has 0 aliphatic heterocycles. The van der Waals surface area contributed by atoms with E-state index in [0.717, 1.165) is 35.0 Å². The van der Waals surface area contributed by atoms with E-state index in [1.807, 2.05) is 11.4 Å². The maximum atomic E-state index is 12.6. The Hall–Kier alpha value is -0.190. The lowest BCUT2D eigenvalue weighted by molar-refractivity contribution is -0.147. The maximum absolute atomic E-state index is 12.6. The van der Waals surface area contributed by atoms with Crippen molar-refractivity contribution in [3.8, 4) is 0 Å². The number of ketones is 1. The third-order valence-electron chi connectivity index (χ3n) is 4.27. The number of rotatable bonds is 4. The molecule has 0 atom stereocenters. The Labute approximate surface area is 127 Å². The predicted molar refractivity (Wildman–Crippen MR) is 82.7 cm³/mol. The van der Waals surface area contributed by atoms with Crippen LogP contribution in [-0.2, 0) is 16.0 Å². The lowest BCUT2D eigenvalue weighted by Crippen LogP contribution is -2.46. The molecule has 1 aromatic heterocycles. The van der Waals surface area contributed by atoms with E-state index in [0.29, 0.717) is 11.8 Å². The topological polar surface area (TPSA) is 26.3 Å². The van der Waals surface area contributed by atoms with Gasteiger partial charge in [0.25, 0.3) is 0 Å². The van der Waals surface area contributed by atoms with E-state index >= 15 is 0 Å². The number of thiophene rings is 1. The SMILES string of the molecule is COC1(C(=O)Cc2cc(Br)cs2)CCC(C)(C)CC1. The van der Waals surface area contributed by atoms with Gasteiger partial charge in [-0.25, -0.2) is 0 Å². The molecule has 0 amide bonds. The molecule has 0 bridgehead atoms. The van der Waals surface area contributed by atoms with Gasteiger partial charge in [0.15, 0.2) is 5.78 Å². The van der Waals surface area contributed by atoms with Crippen LogP contribution in [0.1, 0.15) is 44.4 Å². The van der Waals surface area contributed by atoms with Gasteiger partial charge in [-0.05, 0) is 53.1 Å². The number of methoxy groups -OCH3 is 1. The first-order valence-corrected chi connectivity index (χ1v) is 8.36. The Balaban J connectivity index is 2.07. The molecule has 1 saturated carbocycles. The largest absolute Gasteiger partial charge is 0.370 e. The highest BCUT2D eigenvalue weighted by Crippen LogP contribution is 2.42. The van der Waals surface area contributed by atoms with E-state index in [-0.39, 0.29) is 5.78 Å². The van der Waals surface area contributed by atoms with Crippen LogP contribution in [0.3, 0.4) is 0 Å². The van der Waals surface area contributed by atoms with Crippen LogP contribution in [0.5, 0.6) is 0 Å². The van der Waals surface area contributed by atoms with Crippen molar-refractivity contribution in [2.45, 2.75) is 51.6 Å². The van der Waals surface area contributed by atoms with Crippen LogP contribution in [0.15, 0.2) is 15.9 Å². The van der Waals surface area contributed by atoms with E-state index in [9.17, 15) is 4.79 Å². The Morgan fingerprint density at radius 1 is 1.37 bits per heavy atom. The van der Waals surface area contributed by atoms with Gasteiger partial charge in [0.05, 0.1) is 0 Å². The minimum absolute atomic E-state index is 0.236. The van der Waals surface area contributed by atoms with Gasteiger partial charge in [-0.2, -0.15) is 0 Å². The highest BCUT2D eigenvalue weighted by molar-refractivity contribution is 9.10. The second-order valence-corrected chi connectivity index (χ2v) is 8.11. The van der Waals surface area contributed by atoms with Crippen LogP contribution in [0.2, 0.25) is 0 Å². The molecule has 19 heavy (non-hydrogen) atoms. The molecular weight excluding hydrogens is 324 g/mol. The Morgan fingerprint density at radius 2 is 2.00 bits per heavy atom. The molecule has 0 radical (unpaired) electrons. The molecule has 1 fully saturated rings. The summed E-state index contributed by atoms with van der Waals surface area (Å²) in [6.07, 6.45) is 4.30. The zero-order chi connectivity index (χ0) is 14.1. The zero-order valence-corrected chi connectivity index (χ0v) is 14.2. The van der Waals surface area contributed by atoms with Crippen LogP contribution < -0.4 is 0 Å². The summed E-state index contributed by atoms with van der Waals surface area (Å²) >= 11 is 5.06. The summed E-state index contributed by atoms with van der Waals surface area (Å²) in [6.45, 7) is 4.54. The first-order valence-electron chi connectivity index (χ1n) is 6.68. The van der Waals surface area contributed by atoms with Crippen molar-refractivity contribution >= 4 is 33.0 Å². The molecule has 1 aliphatic rings. The lowest BCUT2D eigenvalue weighted by Gasteiger charge is -2.41. The minimum Gasteiger partial charge on any atom is -0.370 e. The standard InChI is InChI=1S/C15H21BrO2S/c1-14(2)4-6-15(18-3,7-5-14)13(17)9-12-8-11(16)10-19-12/h8,10H,4-7,9H2,1-3H3. The van der Waals surface area contributed by atoms with Gasteiger partial charge in [-0.15, -0.1) is 11.3 Å². The van der Waals surface area contributed by atoms with Gasteiger partial charge in [0.1, 0.15) is 5.60 Å². The van der Waals surface area contributed by atoms with Crippen molar-refractivity contribution in [2.75, 3.05) is 7.11 Å². The first kappa shape index (κ1) is 15.2. The van der Waals surface area contributed by atoms with E-state index in [2.05, 4.69) is 29.8 Å². The van der Waals surface area contributed by atoms with Crippen LogP contribution in [-0.4, -0.2) is 18.5 Å². The molecule has 0 spiro atoms. The smallest absolute Gasteiger partial charge is 0.169 e. The lowest BCUT2D eigenvalue weighted by atomic mass is 9.69. The number of carbonyl (C=O) groups excluding carboxylic acids is 1. The first-order chi connectivity index (χ1) is 8.87. The predicted octanol–water partition coefficient (Wildman–Crippen LogP) is 4.61. The maximum Gasteiger partial charge on any atom is 0.169 e. The molecular formula is C15H21BrO2S. The average molecular weight is 345 g/mol. The molecule has 4 heteroatoms. The Bertz CT molecular complexity index is 454. The summed E-state index contributed by atoms with van der Waals surface area (Å²) in [5.74, 6) is 0.236. The molecule has 106 valence electrons. The minimum atomic E-state index is -0.550. The van der Waals surface area contributed by atoms with E-state index in [1.54, 1.807) is 18.4 Å². The second-order valence-electron chi connectivity index (χ2n) is 6.19. The summed E-state index contributed by atoms with van der Waals surface area (Å²) in [7, 11) is 1.68. The molecule has 0 saturated heterocycles. The highest BCUT2D eigenvalue weighted by atomic mass is 79.9. The number of ether oxygens (including phenoxy) is 1. The summed E-state index contributed by atoms with van der Waals surface area (Å²) in [5.41, 5.74) is -0.208. The van der Waals surface area contributed by atoms with Crippen molar-refractivity contribution < 1.29 is 9.53 Å². The molecule has 0 aromatic carbocycles. The van der Waals surface area contributed by atoms with Gasteiger partial charge in [0.2, 0.25) is 0 Å². The summed E-state index contributed by atoms with van der Waals surface area (Å²) in [5, 5.41) is 2.02. The molecule has 1 heterocycles. The Morgan fingerprint density at radius 3 is 2.47 bits per heavy atom. The molecule has 0 N–H and O–H groups in total. The molecule has 2 rings (SSSR count). The summed E-state index contributed by atoms with van der Waals surface area (Å²) in [4.78, 5) is 13.7. The number of Topliss-reactive ketones (excluding diaryl/α,β-unsaturated/α-hetero) is 1. The quantitative estimate of drug-likeness (QED) is 0.797. The molecule has 2 nitrogen and oxygen atoms in total. The van der Waals surface area contributed by atoms with Crippen molar-refractivity contribution in [1.82, 2.24) is 0 Å². The summed E-state index contributed by atoms with van der Waals surface area (Å²) < 4.78 is 6.71. The van der Waals surface area contributed by atoms with E-state index in [4.69, 9.17) is 4.74 Å². The fourth-order valence-electron chi connectivity index (χ4n) is 2.69. The monoisotopic (exact) mass is 344 g/mol. The fraction of sp³-hybridized carbons (Fsp3) is 0.667. The normalized spacial score (nSPS) is 21.3. The highest BCUT2D eigenvalue weighted by Gasteiger charge is 2.43. The van der Waals surface area contributed by atoms with E-state index in [1.165, 1.54) is 0 Å². The van der Waals surface area contributed by atoms with Crippen LogP contribution in [0, 0.1) is 5.41 Å². The second kappa shape index (κ2) is 5.66. The van der Waals surface area contributed by atoms with Crippen molar-refractivity contribution in [3.05, 3.63) is 20.8 Å². The third kappa shape index (κ3) is 3.47. The summed E-state index contributed by atoms with van der Waals surface area (Å²) in [6, 6.07) is 2.03. The van der Waals surface area contributed by atoms with Crippen LogP contribution in [0.25, 0.3) is 0 Å². The number of hydrogen-bond acceptors (Lipinski definition) is 3.